The van der Waals surface area contributed by atoms with Crippen molar-refractivity contribution in [3.05, 3.63) is 85.1 Å². The molecule has 0 heterocycles. The summed E-state index contributed by atoms with van der Waals surface area (Å²) in [5.41, 5.74) is 0. The van der Waals surface area contributed by atoms with Gasteiger partial charge in [-0.1, -0.05) is 215 Å². The van der Waals surface area contributed by atoms with Gasteiger partial charge in [0.1, 0.15) is 13.2 Å². The maximum absolute atomic E-state index is 12.8. The van der Waals surface area contributed by atoms with E-state index in [2.05, 4.69) is 93.7 Å². The summed E-state index contributed by atoms with van der Waals surface area (Å²) in [7, 11) is 0. The first kappa shape index (κ1) is 57.6. The quantitative estimate of drug-likeness (QED) is 0.0200. The first-order valence-corrected chi connectivity index (χ1v) is 25.1. The number of allylic oxidation sites excluding steroid dienone is 14. The average Bonchev–Trinajstić information content (AvgIpc) is 3.26. The van der Waals surface area contributed by atoms with Crippen molar-refractivity contribution in [2.24, 2.45) is 0 Å². The van der Waals surface area contributed by atoms with Crippen molar-refractivity contribution in [3.8, 4) is 0 Å². The van der Waals surface area contributed by atoms with E-state index in [-0.39, 0.29) is 44.0 Å². The van der Waals surface area contributed by atoms with Crippen LogP contribution in [0, 0.1) is 0 Å². The Bertz CT molecular complexity index is 1200. The SMILES string of the molecule is CC/C=C\C/C=C\C/C=C\C/C=C\C/C=C\CCC(=O)OCC(COC(=O)CCCCCCCCCCCCC)OC(=O)CCCCC/C=C\C=C/CCCCCCCCC. The zero-order valence-electron chi connectivity index (χ0n) is 39.7. The molecule has 0 amide bonds. The van der Waals surface area contributed by atoms with E-state index in [0.717, 1.165) is 83.5 Å². The third-order valence-corrected chi connectivity index (χ3v) is 10.4. The zero-order valence-corrected chi connectivity index (χ0v) is 39.7. The molecule has 348 valence electrons. The molecular weight excluding hydrogens is 757 g/mol. The lowest BCUT2D eigenvalue weighted by atomic mass is 10.1. The number of hydrogen-bond donors (Lipinski definition) is 0. The lowest BCUT2D eigenvalue weighted by Gasteiger charge is -2.18. The van der Waals surface area contributed by atoms with Crippen LogP contribution in [-0.4, -0.2) is 37.2 Å². The molecule has 0 aromatic heterocycles. The molecule has 0 aliphatic rings. The first-order chi connectivity index (χ1) is 30.0. The van der Waals surface area contributed by atoms with Gasteiger partial charge in [-0.25, -0.2) is 0 Å². The van der Waals surface area contributed by atoms with Crippen LogP contribution in [-0.2, 0) is 28.6 Å². The molecule has 0 aliphatic carbocycles. The van der Waals surface area contributed by atoms with Gasteiger partial charge in [-0.05, 0) is 77.0 Å². The molecule has 0 rings (SSSR count). The van der Waals surface area contributed by atoms with Gasteiger partial charge in [0, 0.05) is 19.3 Å². The molecule has 61 heavy (non-hydrogen) atoms. The Labute approximate surface area is 375 Å². The second-order valence-corrected chi connectivity index (χ2v) is 16.4. The monoisotopic (exact) mass is 849 g/mol. The Balaban J connectivity index is 4.53. The Morgan fingerprint density at radius 3 is 1.18 bits per heavy atom. The van der Waals surface area contributed by atoms with Gasteiger partial charge < -0.3 is 14.2 Å². The van der Waals surface area contributed by atoms with Gasteiger partial charge in [0.25, 0.3) is 0 Å². The summed E-state index contributed by atoms with van der Waals surface area (Å²) in [5, 5.41) is 0. The number of ether oxygens (including phenoxy) is 3. The normalized spacial score (nSPS) is 12.8. The number of hydrogen-bond acceptors (Lipinski definition) is 6. The van der Waals surface area contributed by atoms with Crippen LogP contribution in [0.2, 0.25) is 0 Å². The molecule has 0 fully saturated rings. The van der Waals surface area contributed by atoms with Crippen molar-refractivity contribution in [1.82, 2.24) is 0 Å². The predicted molar refractivity (Wildman–Crippen MR) is 261 cm³/mol. The highest BCUT2D eigenvalue weighted by molar-refractivity contribution is 5.71. The van der Waals surface area contributed by atoms with Crippen molar-refractivity contribution in [2.75, 3.05) is 13.2 Å². The molecule has 0 spiro atoms. The Morgan fingerprint density at radius 1 is 0.361 bits per heavy atom. The number of carbonyl (C=O) groups excluding carboxylic acids is 3. The van der Waals surface area contributed by atoms with Crippen molar-refractivity contribution in [2.45, 2.75) is 232 Å². The number of carbonyl (C=O) groups is 3. The van der Waals surface area contributed by atoms with Crippen LogP contribution < -0.4 is 0 Å². The summed E-state index contributed by atoms with van der Waals surface area (Å²) in [5.74, 6) is -1.03. The second kappa shape index (κ2) is 49.2. The van der Waals surface area contributed by atoms with Crippen LogP contribution in [0.3, 0.4) is 0 Å². The second-order valence-electron chi connectivity index (χ2n) is 16.4. The average molecular weight is 849 g/mol. The minimum Gasteiger partial charge on any atom is -0.462 e. The fourth-order valence-electron chi connectivity index (χ4n) is 6.66. The van der Waals surface area contributed by atoms with E-state index in [1.807, 2.05) is 12.2 Å². The summed E-state index contributed by atoms with van der Waals surface area (Å²) < 4.78 is 16.7. The molecule has 1 atom stereocenters. The van der Waals surface area contributed by atoms with E-state index in [0.29, 0.717) is 12.8 Å². The Kier molecular flexibility index (Phi) is 46.5. The van der Waals surface area contributed by atoms with E-state index >= 15 is 0 Å². The fraction of sp³-hybridized carbons (Fsp3) is 0.691. The Hall–Kier alpha value is -3.41. The van der Waals surface area contributed by atoms with Crippen molar-refractivity contribution < 1.29 is 28.6 Å². The minimum atomic E-state index is -0.817. The van der Waals surface area contributed by atoms with Gasteiger partial charge >= 0.3 is 17.9 Å². The van der Waals surface area contributed by atoms with E-state index in [4.69, 9.17) is 14.2 Å². The summed E-state index contributed by atoms with van der Waals surface area (Å²) in [6.07, 6.45) is 62.9. The number of rotatable bonds is 44. The van der Waals surface area contributed by atoms with Crippen LogP contribution in [0.1, 0.15) is 226 Å². The lowest BCUT2D eigenvalue weighted by molar-refractivity contribution is -0.166. The predicted octanol–water partition coefficient (Wildman–Crippen LogP) is 16.4. The maximum atomic E-state index is 12.8. The molecule has 0 aromatic rings. The van der Waals surface area contributed by atoms with Crippen LogP contribution in [0.15, 0.2) is 85.1 Å². The third kappa shape index (κ3) is 47.5. The van der Waals surface area contributed by atoms with Gasteiger partial charge in [0.15, 0.2) is 6.10 Å². The zero-order chi connectivity index (χ0) is 44.4. The molecule has 6 heteroatoms. The minimum absolute atomic E-state index is 0.109. The highest BCUT2D eigenvalue weighted by Crippen LogP contribution is 2.14. The highest BCUT2D eigenvalue weighted by atomic mass is 16.6. The number of esters is 3. The fourth-order valence-corrected chi connectivity index (χ4v) is 6.66. The summed E-state index contributed by atoms with van der Waals surface area (Å²) in [6.45, 7) is 6.41. The summed E-state index contributed by atoms with van der Waals surface area (Å²) >= 11 is 0. The van der Waals surface area contributed by atoms with E-state index in [1.54, 1.807) is 0 Å². The maximum Gasteiger partial charge on any atom is 0.306 e. The molecular formula is C55H92O6. The van der Waals surface area contributed by atoms with Crippen molar-refractivity contribution in [1.29, 1.82) is 0 Å². The molecule has 6 nitrogen and oxygen atoms in total. The molecule has 0 aromatic carbocycles. The van der Waals surface area contributed by atoms with Crippen molar-refractivity contribution >= 4 is 17.9 Å². The van der Waals surface area contributed by atoms with Crippen LogP contribution in [0.25, 0.3) is 0 Å². The summed E-state index contributed by atoms with van der Waals surface area (Å²) in [4.78, 5) is 37.9. The lowest BCUT2D eigenvalue weighted by Crippen LogP contribution is -2.30. The highest BCUT2D eigenvalue weighted by Gasteiger charge is 2.19. The van der Waals surface area contributed by atoms with Gasteiger partial charge in [0.2, 0.25) is 0 Å². The van der Waals surface area contributed by atoms with Crippen molar-refractivity contribution in [3.63, 3.8) is 0 Å². The standard InChI is InChI=1S/C55H92O6/c1-4-7-10-13-16-19-22-24-26-28-30-33-36-39-42-45-48-54(57)60-51-52(50-59-53(56)47-44-41-38-35-32-21-18-15-12-9-6-3)61-55(58)49-46-43-40-37-34-31-29-27-25-23-20-17-14-11-8-5-2/h7,10,16,19,24,26-27,29-31,33-34,39,42,52H,4-6,8-9,11-15,17-18,20-23,25,28,32,35-38,40-41,43-51H2,1-3H3/b10-7-,19-16-,26-24-,29-27-,33-30-,34-31-,42-39-. The van der Waals surface area contributed by atoms with Crippen LogP contribution in [0.5, 0.6) is 0 Å². The largest absolute Gasteiger partial charge is 0.462 e. The van der Waals surface area contributed by atoms with Gasteiger partial charge in [-0.15, -0.1) is 0 Å². The smallest absolute Gasteiger partial charge is 0.306 e. The van der Waals surface area contributed by atoms with E-state index < -0.39 is 6.10 Å². The molecule has 0 radical (unpaired) electrons. The Morgan fingerprint density at radius 2 is 0.721 bits per heavy atom. The summed E-state index contributed by atoms with van der Waals surface area (Å²) in [6, 6.07) is 0. The van der Waals surface area contributed by atoms with Crippen LogP contribution in [0.4, 0.5) is 0 Å². The van der Waals surface area contributed by atoms with Crippen LogP contribution >= 0.6 is 0 Å². The topological polar surface area (TPSA) is 78.9 Å². The molecule has 0 aliphatic heterocycles. The van der Waals surface area contributed by atoms with Gasteiger partial charge in [-0.3, -0.25) is 14.4 Å². The van der Waals surface area contributed by atoms with E-state index in [9.17, 15) is 14.4 Å². The first-order valence-electron chi connectivity index (χ1n) is 25.1. The molecule has 1 unspecified atom stereocenters. The molecule has 0 bridgehead atoms. The van der Waals surface area contributed by atoms with E-state index in [1.165, 1.54) is 96.3 Å². The molecule has 0 saturated carbocycles. The molecule has 0 N–H and O–H groups in total. The van der Waals surface area contributed by atoms with Gasteiger partial charge in [-0.2, -0.15) is 0 Å². The van der Waals surface area contributed by atoms with Gasteiger partial charge in [0.05, 0.1) is 0 Å². The third-order valence-electron chi connectivity index (χ3n) is 10.4. The number of unbranched alkanes of at least 4 members (excludes halogenated alkanes) is 20. The molecule has 0 saturated heterocycles.